The van der Waals surface area contributed by atoms with Gasteiger partial charge in [0.05, 0.1) is 0 Å². The number of amides is 1. The Balaban J connectivity index is 1.34. The second-order valence-electron chi connectivity index (χ2n) is 6.03. The van der Waals surface area contributed by atoms with E-state index in [2.05, 4.69) is 20.7 Å². The molecule has 2 aromatic rings. The molecule has 0 bridgehead atoms. The Morgan fingerprint density at radius 1 is 1.35 bits per heavy atom. The molecule has 6 nitrogen and oxygen atoms in total. The monoisotopic (exact) mass is 313 g/mol. The number of aryl methyl sites for hydroxylation is 2. The highest BCUT2D eigenvalue weighted by atomic mass is 16.1. The fraction of sp³-hybridized carbons (Fsp3) is 0.471. The fourth-order valence-corrected chi connectivity index (χ4v) is 2.82. The molecule has 1 aliphatic rings. The van der Waals surface area contributed by atoms with Crippen LogP contribution in [0.1, 0.15) is 24.1 Å². The van der Waals surface area contributed by atoms with E-state index >= 15 is 0 Å². The smallest absolute Gasteiger partial charge is 0.223 e. The van der Waals surface area contributed by atoms with Crippen LogP contribution in [0, 0.1) is 12.8 Å². The van der Waals surface area contributed by atoms with E-state index in [0.717, 1.165) is 49.4 Å². The van der Waals surface area contributed by atoms with E-state index < -0.39 is 0 Å². The van der Waals surface area contributed by atoms with E-state index in [4.69, 9.17) is 0 Å². The quantitative estimate of drug-likeness (QED) is 0.797. The summed E-state index contributed by atoms with van der Waals surface area (Å²) in [6.45, 7) is 4.34. The molecule has 0 saturated heterocycles. The molecule has 0 fully saturated rings. The van der Waals surface area contributed by atoms with Gasteiger partial charge >= 0.3 is 0 Å². The number of nitrogens with one attached hydrogen (secondary N) is 2. The van der Waals surface area contributed by atoms with Gasteiger partial charge in [0.15, 0.2) is 0 Å². The summed E-state index contributed by atoms with van der Waals surface area (Å²) in [5.74, 6) is 1.11. The minimum atomic E-state index is 0.0749. The molecule has 1 amide bonds. The first-order valence-electron chi connectivity index (χ1n) is 8.17. The van der Waals surface area contributed by atoms with Crippen LogP contribution in [-0.4, -0.2) is 33.8 Å². The molecule has 1 atom stereocenters. The number of hydrogen-bond donors (Lipinski definition) is 2. The molecule has 0 aliphatic carbocycles. The summed E-state index contributed by atoms with van der Waals surface area (Å²) in [4.78, 5) is 16.5. The summed E-state index contributed by atoms with van der Waals surface area (Å²) in [6, 6.07) is 6.00. The Bertz CT molecular complexity index is 649. The van der Waals surface area contributed by atoms with Crippen LogP contribution in [0.25, 0.3) is 0 Å². The molecule has 3 heterocycles. The Labute approximate surface area is 136 Å². The van der Waals surface area contributed by atoms with Crippen LogP contribution in [0.2, 0.25) is 0 Å². The molecule has 2 N–H and O–H groups in total. The molecular weight excluding hydrogens is 290 g/mol. The van der Waals surface area contributed by atoms with Gasteiger partial charge in [0, 0.05) is 50.1 Å². The lowest BCUT2D eigenvalue weighted by atomic mass is 9.95. The Hall–Kier alpha value is -2.37. The second kappa shape index (κ2) is 7.26. The largest absolute Gasteiger partial charge is 0.370 e. The topological polar surface area (TPSA) is 71.8 Å². The van der Waals surface area contributed by atoms with Gasteiger partial charge in [-0.25, -0.2) is 4.98 Å². The molecule has 0 radical (unpaired) electrons. The van der Waals surface area contributed by atoms with Crippen LogP contribution in [-0.2, 0) is 17.8 Å². The minimum absolute atomic E-state index is 0.0749. The van der Waals surface area contributed by atoms with Gasteiger partial charge in [-0.05, 0) is 37.5 Å². The van der Waals surface area contributed by atoms with E-state index in [1.165, 1.54) is 0 Å². The Morgan fingerprint density at radius 2 is 2.26 bits per heavy atom. The highest BCUT2D eigenvalue weighted by Crippen LogP contribution is 2.19. The molecule has 1 unspecified atom stereocenters. The van der Waals surface area contributed by atoms with E-state index in [9.17, 15) is 4.79 Å². The van der Waals surface area contributed by atoms with Crippen molar-refractivity contribution < 1.29 is 4.79 Å². The fourth-order valence-electron chi connectivity index (χ4n) is 2.82. The van der Waals surface area contributed by atoms with Crippen LogP contribution in [0.5, 0.6) is 0 Å². The third-order valence-corrected chi connectivity index (χ3v) is 4.19. The lowest BCUT2D eigenvalue weighted by Gasteiger charge is -2.22. The highest BCUT2D eigenvalue weighted by Gasteiger charge is 2.24. The molecule has 23 heavy (non-hydrogen) atoms. The van der Waals surface area contributed by atoms with Crippen molar-refractivity contribution in [3.63, 3.8) is 0 Å². The molecular formula is C17H23N5O. The van der Waals surface area contributed by atoms with Crippen molar-refractivity contribution in [2.45, 2.75) is 32.7 Å². The number of pyridine rings is 1. The number of carbonyl (C=O) groups excluding carboxylic acids is 1. The maximum Gasteiger partial charge on any atom is 0.223 e. The van der Waals surface area contributed by atoms with Crippen LogP contribution >= 0.6 is 0 Å². The van der Waals surface area contributed by atoms with Crippen molar-refractivity contribution in [3.8, 4) is 0 Å². The van der Waals surface area contributed by atoms with E-state index in [1.807, 2.05) is 36.0 Å². The van der Waals surface area contributed by atoms with E-state index in [-0.39, 0.29) is 11.8 Å². The third-order valence-electron chi connectivity index (χ3n) is 4.19. The molecule has 2 aromatic heterocycles. The first-order valence-corrected chi connectivity index (χ1v) is 8.17. The summed E-state index contributed by atoms with van der Waals surface area (Å²) in [5.41, 5.74) is 2.31. The van der Waals surface area contributed by atoms with Crippen molar-refractivity contribution in [3.05, 3.63) is 41.9 Å². The van der Waals surface area contributed by atoms with Crippen molar-refractivity contribution >= 4 is 11.7 Å². The van der Waals surface area contributed by atoms with E-state index in [0.29, 0.717) is 6.54 Å². The first kappa shape index (κ1) is 15.5. The maximum absolute atomic E-state index is 12.2. The van der Waals surface area contributed by atoms with Crippen molar-refractivity contribution in [1.29, 1.82) is 0 Å². The second-order valence-corrected chi connectivity index (χ2v) is 6.03. The van der Waals surface area contributed by atoms with Crippen LogP contribution in [0.15, 0.2) is 30.6 Å². The molecule has 122 valence electrons. The number of fused-ring (bicyclic) bond motifs is 1. The summed E-state index contributed by atoms with van der Waals surface area (Å²) in [6.07, 6.45) is 6.19. The van der Waals surface area contributed by atoms with Crippen molar-refractivity contribution in [1.82, 2.24) is 20.1 Å². The van der Waals surface area contributed by atoms with Crippen molar-refractivity contribution in [2.24, 2.45) is 5.92 Å². The van der Waals surface area contributed by atoms with Gasteiger partial charge in [-0.3, -0.25) is 9.48 Å². The number of anilines is 1. The van der Waals surface area contributed by atoms with Gasteiger partial charge in [-0.2, -0.15) is 5.10 Å². The van der Waals surface area contributed by atoms with Gasteiger partial charge in [0.25, 0.3) is 0 Å². The molecule has 1 aliphatic heterocycles. The van der Waals surface area contributed by atoms with Gasteiger partial charge in [0.1, 0.15) is 5.82 Å². The SMILES string of the molecule is Cc1ccc(NCCCNC(=O)C2CCn3nccc3C2)nc1. The van der Waals surface area contributed by atoms with Crippen molar-refractivity contribution in [2.75, 3.05) is 18.4 Å². The van der Waals surface area contributed by atoms with Crippen LogP contribution in [0.4, 0.5) is 5.82 Å². The Morgan fingerprint density at radius 3 is 3.09 bits per heavy atom. The molecule has 0 saturated carbocycles. The van der Waals surface area contributed by atoms with Gasteiger partial charge in [-0.15, -0.1) is 0 Å². The van der Waals surface area contributed by atoms with Gasteiger partial charge in [0.2, 0.25) is 5.91 Å². The normalized spacial score (nSPS) is 16.7. The Kier molecular flexibility index (Phi) is 4.90. The summed E-state index contributed by atoms with van der Waals surface area (Å²) < 4.78 is 1.99. The first-order chi connectivity index (χ1) is 11.2. The summed E-state index contributed by atoms with van der Waals surface area (Å²) in [5, 5.41) is 10.5. The predicted molar refractivity (Wildman–Crippen MR) is 89.1 cm³/mol. The average molecular weight is 313 g/mol. The number of carbonyl (C=O) groups is 1. The lowest BCUT2D eigenvalue weighted by molar-refractivity contribution is -0.125. The zero-order valence-corrected chi connectivity index (χ0v) is 13.5. The zero-order chi connectivity index (χ0) is 16.1. The number of rotatable bonds is 6. The minimum Gasteiger partial charge on any atom is -0.370 e. The molecule has 3 rings (SSSR count). The third kappa shape index (κ3) is 4.09. The van der Waals surface area contributed by atoms with Crippen LogP contribution < -0.4 is 10.6 Å². The average Bonchev–Trinajstić information content (AvgIpc) is 3.03. The zero-order valence-electron chi connectivity index (χ0n) is 13.5. The molecule has 0 aromatic carbocycles. The number of aromatic nitrogens is 3. The summed E-state index contributed by atoms with van der Waals surface area (Å²) >= 11 is 0. The van der Waals surface area contributed by atoms with Gasteiger partial charge in [-0.1, -0.05) is 6.07 Å². The molecule has 6 heteroatoms. The van der Waals surface area contributed by atoms with E-state index in [1.54, 1.807) is 6.20 Å². The predicted octanol–water partition coefficient (Wildman–Crippen LogP) is 1.77. The maximum atomic E-state index is 12.2. The highest BCUT2D eigenvalue weighted by molar-refractivity contribution is 5.79. The standard InChI is InChI=1S/C17H23N5O/c1-13-3-4-16(20-12-13)18-7-2-8-19-17(23)14-6-10-22-15(11-14)5-9-21-22/h3-5,9,12,14H,2,6-8,10-11H2,1H3,(H,18,20)(H,19,23). The van der Waals surface area contributed by atoms with Crippen LogP contribution in [0.3, 0.4) is 0 Å². The lowest BCUT2D eigenvalue weighted by Crippen LogP contribution is -2.36. The molecule has 0 spiro atoms. The number of hydrogen-bond acceptors (Lipinski definition) is 4. The van der Waals surface area contributed by atoms with Gasteiger partial charge < -0.3 is 10.6 Å². The summed E-state index contributed by atoms with van der Waals surface area (Å²) in [7, 11) is 0. The number of nitrogens with zero attached hydrogens (tertiary/aromatic N) is 3.